The van der Waals surface area contributed by atoms with Crippen LogP contribution in [0.4, 0.5) is 0 Å². The van der Waals surface area contributed by atoms with Crippen molar-refractivity contribution in [2.75, 3.05) is 13.1 Å². The Kier molecular flexibility index (Phi) is 6.84. The van der Waals surface area contributed by atoms with Crippen molar-refractivity contribution < 1.29 is 13.2 Å². The number of nitrogens with zero attached hydrogens (tertiary/aromatic N) is 1. The van der Waals surface area contributed by atoms with Crippen LogP contribution in [-0.4, -0.2) is 32.4 Å². The van der Waals surface area contributed by atoms with Gasteiger partial charge in [-0.1, -0.05) is 29.3 Å². The molecule has 6 nitrogen and oxygen atoms in total. The molecule has 2 aromatic heterocycles. The summed E-state index contributed by atoms with van der Waals surface area (Å²) in [5.41, 5.74) is 1.65. The van der Waals surface area contributed by atoms with Gasteiger partial charge in [0.15, 0.2) is 0 Å². The van der Waals surface area contributed by atoms with Gasteiger partial charge in [0.2, 0.25) is 15.9 Å². The van der Waals surface area contributed by atoms with E-state index in [0.717, 1.165) is 15.4 Å². The minimum atomic E-state index is -3.58. The third-order valence-electron chi connectivity index (χ3n) is 3.75. The molecule has 0 aliphatic carbocycles. The fraction of sp³-hybridized carbons (Fsp3) is 0.222. The molecule has 0 atom stereocenters. The summed E-state index contributed by atoms with van der Waals surface area (Å²) in [6, 6.07) is 10.3. The lowest BCUT2D eigenvalue weighted by Crippen LogP contribution is -2.35. The van der Waals surface area contributed by atoms with Gasteiger partial charge >= 0.3 is 0 Å². The maximum Gasteiger partial charge on any atom is 0.240 e. The molecule has 1 aromatic carbocycles. The zero-order chi connectivity index (χ0) is 20.1. The number of benzene rings is 1. The summed E-state index contributed by atoms with van der Waals surface area (Å²) < 4.78 is 27.5. The Morgan fingerprint density at radius 2 is 1.89 bits per heavy atom. The Hall–Kier alpha value is -1.78. The number of sulfonamides is 1. The van der Waals surface area contributed by atoms with Crippen LogP contribution in [0.15, 0.2) is 46.7 Å². The molecule has 3 rings (SSSR count). The van der Waals surface area contributed by atoms with Crippen LogP contribution in [0, 0.1) is 6.92 Å². The van der Waals surface area contributed by atoms with Gasteiger partial charge in [-0.2, -0.15) is 0 Å². The van der Waals surface area contributed by atoms with Crippen LogP contribution in [0.25, 0.3) is 9.88 Å². The topological polar surface area (TPSA) is 88.2 Å². The third-order valence-corrected chi connectivity index (χ3v) is 7.52. The number of carbonyl (C=O) groups is 1. The normalized spacial score (nSPS) is 11.5. The summed E-state index contributed by atoms with van der Waals surface area (Å²) in [5.74, 6) is -0.212. The number of hydrogen-bond donors (Lipinski definition) is 2. The molecule has 3 aromatic rings. The van der Waals surface area contributed by atoms with E-state index in [9.17, 15) is 13.2 Å². The average molecular weight is 456 g/mol. The Labute approximate surface area is 176 Å². The predicted octanol–water partition coefficient (Wildman–Crippen LogP) is 3.47. The number of hydrogen-bond acceptors (Lipinski definition) is 6. The highest BCUT2D eigenvalue weighted by molar-refractivity contribution is 7.89. The number of carbonyl (C=O) groups excluding carboxylic acids is 1. The zero-order valence-corrected chi connectivity index (χ0v) is 18.1. The van der Waals surface area contributed by atoms with Crippen LogP contribution < -0.4 is 10.0 Å². The van der Waals surface area contributed by atoms with Crippen molar-refractivity contribution in [2.45, 2.75) is 18.2 Å². The minimum Gasteiger partial charge on any atom is -0.354 e. The molecule has 0 spiro atoms. The van der Waals surface area contributed by atoms with Gasteiger partial charge in [0.1, 0.15) is 5.01 Å². The lowest BCUT2D eigenvalue weighted by atomic mass is 10.2. The zero-order valence-electron chi connectivity index (χ0n) is 14.9. The monoisotopic (exact) mass is 455 g/mol. The second-order valence-corrected chi connectivity index (χ2v) is 10.3. The van der Waals surface area contributed by atoms with Crippen molar-refractivity contribution in [1.29, 1.82) is 0 Å². The van der Waals surface area contributed by atoms with Crippen molar-refractivity contribution in [1.82, 2.24) is 15.0 Å². The molecule has 28 heavy (non-hydrogen) atoms. The van der Waals surface area contributed by atoms with Gasteiger partial charge in [-0.05, 0) is 31.2 Å². The van der Waals surface area contributed by atoms with E-state index in [-0.39, 0.29) is 30.3 Å². The molecule has 148 valence electrons. The highest BCUT2D eigenvalue weighted by Crippen LogP contribution is 2.32. The van der Waals surface area contributed by atoms with Gasteiger partial charge in [0.25, 0.3) is 0 Å². The summed E-state index contributed by atoms with van der Waals surface area (Å²) in [5, 5.41) is 5.36. The lowest BCUT2D eigenvalue weighted by molar-refractivity contribution is -0.120. The molecular formula is C18H18ClN3O3S3. The van der Waals surface area contributed by atoms with E-state index < -0.39 is 10.0 Å². The second kappa shape index (κ2) is 9.15. The fourth-order valence-electron chi connectivity index (χ4n) is 2.35. The van der Waals surface area contributed by atoms with E-state index in [1.54, 1.807) is 24.3 Å². The third kappa shape index (κ3) is 5.62. The Bertz CT molecular complexity index is 1060. The van der Waals surface area contributed by atoms with Crippen molar-refractivity contribution in [3.8, 4) is 9.88 Å². The lowest BCUT2D eigenvalue weighted by Gasteiger charge is -2.08. The molecule has 0 saturated heterocycles. The molecule has 0 radical (unpaired) electrons. The number of nitrogens with one attached hydrogen (secondary N) is 2. The van der Waals surface area contributed by atoms with E-state index in [2.05, 4.69) is 15.0 Å². The molecule has 0 unspecified atom stereocenters. The molecule has 0 bridgehead atoms. The first kappa shape index (κ1) is 20.9. The van der Waals surface area contributed by atoms with Gasteiger partial charge < -0.3 is 5.32 Å². The largest absolute Gasteiger partial charge is 0.354 e. The fourth-order valence-corrected chi connectivity index (χ4v) is 5.31. The summed E-state index contributed by atoms with van der Waals surface area (Å²) in [4.78, 5) is 17.7. The van der Waals surface area contributed by atoms with Crippen LogP contribution in [0.3, 0.4) is 0 Å². The Morgan fingerprint density at radius 1 is 1.14 bits per heavy atom. The van der Waals surface area contributed by atoms with E-state index in [4.69, 9.17) is 11.6 Å². The van der Waals surface area contributed by atoms with Crippen LogP contribution >= 0.6 is 34.3 Å². The van der Waals surface area contributed by atoms with Gasteiger partial charge in [-0.15, -0.1) is 22.7 Å². The molecule has 2 heterocycles. The highest BCUT2D eigenvalue weighted by Gasteiger charge is 2.14. The molecular weight excluding hydrogens is 438 g/mol. The molecule has 0 fully saturated rings. The van der Waals surface area contributed by atoms with Crippen LogP contribution in [0.2, 0.25) is 4.34 Å². The quantitative estimate of drug-likeness (QED) is 0.509. The van der Waals surface area contributed by atoms with Gasteiger partial charge in [-0.3, -0.25) is 4.79 Å². The smallest absolute Gasteiger partial charge is 0.240 e. The van der Waals surface area contributed by atoms with E-state index in [1.807, 2.05) is 24.4 Å². The number of thiazole rings is 1. The van der Waals surface area contributed by atoms with Crippen LogP contribution in [-0.2, 0) is 21.2 Å². The van der Waals surface area contributed by atoms with Crippen LogP contribution in [0.1, 0.15) is 11.3 Å². The first-order valence-electron chi connectivity index (χ1n) is 8.36. The summed E-state index contributed by atoms with van der Waals surface area (Å²) in [7, 11) is -3.58. The maximum absolute atomic E-state index is 12.2. The van der Waals surface area contributed by atoms with Gasteiger partial charge in [0.05, 0.1) is 26.2 Å². The minimum absolute atomic E-state index is 0.109. The van der Waals surface area contributed by atoms with Crippen molar-refractivity contribution in [3.05, 3.63) is 57.4 Å². The first-order valence-corrected chi connectivity index (χ1v) is 11.9. The van der Waals surface area contributed by atoms with E-state index in [0.29, 0.717) is 10.0 Å². The molecule has 0 aliphatic rings. The molecule has 0 aliphatic heterocycles. The molecule has 0 saturated carbocycles. The van der Waals surface area contributed by atoms with E-state index >= 15 is 0 Å². The molecule has 10 heteroatoms. The summed E-state index contributed by atoms with van der Waals surface area (Å²) in [6.07, 6.45) is 0.139. The predicted molar refractivity (Wildman–Crippen MR) is 114 cm³/mol. The SMILES string of the molecule is Cc1ccc(S(=O)(=O)NCCNC(=O)Cc2csc(-c3ccc(Cl)s3)n2)cc1. The standard InChI is InChI=1S/C18H18ClN3O3S3/c1-12-2-4-14(5-3-12)28(24,25)21-9-8-20-17(23)10-13-11-26-18(22-13)15-6-7-16(19)27-15/h2-7,11,21H,8-10H2,1H3,(H,20,23). The average Bonchev–Trinajstić information content (AvgIpc) is 3.28. The molecule has 2 N–H and O–H groups in total. The summed E-state index contributed by atoms with van der Waals surface area (Å²) >= 11 is 8.83. The number of halogens is 1. The van der Waals surface area contributed by atoms with Crippen LogP contribution in [0.5, 0.6) is 0 Å². The van der Waals surface area contributed by atoms with Crippen molar-refractivity contribution in [2.24, 2.45) is 0 Å². The Balaban J connectivity index is 1.45. The number of thiophene rings is 1. The van der Waals surface area contributed by atoms with E-state index in [1.165, 1.54) is 22.7 Å². The summed E-state index contributed by atoms with van der Waals surface area (Å²) in [6.45, 7) is 2.19. The van der Waals surface area contributed by atoms with Gasteiger partial charge in [-0.25, -0.2) is 18.1 Å². The number of amides is 1. The van der Waals surface area contributed by atoms with Gasteiger partial charge in [0, 0.05) is 18.5 Å². The molecule has 1 amide bonds. The Morgan fingerprint density at radius 3 is 2.57 bits per heavy atom. The second-order valence-electron chi connectivity index (χ2n) is 5.99. The number of rotatable bonds is 8. The van der Waals surface area contributed by atoms with Crippen molar-refractivity contribution in [3.63, 3.8) is 0 Å². The maximum atomic E-state index is 12.2. The van der Waals surface area contributed by atoms with Crippen molar-refractivity contribution >= 4 is 50.2 Å². The first-order chi connectivity index (χ1) is 13.3. The number of aromatic nitrogens is 1. The highest BCUT2D eigenvalue weighted by atomic mass is 35.5. The number of aryl methyl sites for hydroxylation is 1.